The van der Waals surface area contributed by atoms with Crippen LogP contribution in [0.2, 0.25) is 0 Å². The van der Waals surface area contributed by atoms with Crippen LogP contribution in [0.1, 0.15) is 17.3 Å². The van der Waals surface area contributed by atoms with Crippen molar-refractivity contribution in [3.63, 3.8) is 0 Å². The number of hydrogen-bond acceptors (Lipinski definition) is 3. The Bertz CT molecular complexity index is 361. The molecule has 0 aliphatic heterocycles. The van der Waals surface area contributed by atoms with Crippen molar-refractivity contribution in [2.24, 2.45) is 0 Å². The summed E-state index contributed by atoms with van der Waals surface area (Å²) in [5.41, 5.74) is 7.75. The molecule has 0 spiro atoms. The third-order valence-electron chi connectivity index (χ3n) is 2.08. The molecular formula is C11H17N3O. The van der Waals surface area contributed by atoms with Gasteiger partial charge < -0.3 is 16.0 Å². The molecule has 82 valence electrons. The molecule has 0 saturated carbocycles. The maximum atomic E-state index is 11.7. The van der Waals surface area contributed by atoms with Gasteiger partial charge in [0, 0.05) is 32.0 Å². The second-order valence-electron chi connectivity index (χ2n) is 3.53. The molecule has 0 fully saturated rings. The number of nitrogens with zero attached hydrogens (tertiary/aromatic N) is 1. The number of benzene rings is 1. The van der Waals surface area contributed by atoms with Gasteiger partial charge in [-0.2, -0.15) is 0 Å². The van der Waals surface area contributed by atoms with Crippen LogP contribution < -0.4 is 16.0 Å². The van der Waals surface area contributed by atoms with Crippen LogP contribution in [0, 0.1) is 0 Å². The van der Waals surface area contributed by atoms with Gasteiger partial charge in [-0.25, -0.2) is 0 Å². The Balaban J connectivity index is 3.12. The van der Waals surface area contributed by atoms with Gasteiger partial charge in [-0.05, 0) is 25.1 Å². The lowest BCUT2D eigenvalue weighted by Crippen LogP contribution is -2.25. The Labute approximate surface area is 90.1 Å². The zero-order chi connectivity index (χ0) is 11.4. The minimum atomic E-state index is -0.0894. The summed E-state index contributed by atoms with van der Waals surface area (Å²) >= 11 is 0. The van der Waals surface area contributed by atoms with E-state index in [9.17, 15) is 4.79 Å². The molecule has 0 aliphatic rings. The molecule has 0 saturated heterocycles. The summed E-state index contributed by atoms with van der Waals surface area (Å²) in [6.45, 7) is 2.50. The van der Waals surface area contributed by atoms with Crippen molar-refractivity contribution < 1.29 is 4.79 Å². The molecule has 1 aromatic carbocycles. The number of carbonyl (C=O) groups excluding carboxylic acids is 1. The quantitative estimate of drug-likeness (QED) is 0.729. The lowest BCUT2D eigenvalue weighted by molar-refractivity contribution is 0.0956. The third kappa shape index (κ3) is 2.62. The first-order valence-corrected chi connectivity index (χ1v) is 4.91. The van der Waals surface area contributed by atoms with Crippen LogP contribution in [0.25, 0.3) is 0 Å². The van der Waals surface area contributed by atoms with Crippen LogP contribution in [-0.4, -0.2) is 26.5 Å². The van der Waals surface area contributed by atoms with Crippen molar-refractivity contribution in [3.8, 4) is 0 Å². The van der Waals surface area contributed by atoms with Gasteiger partial charge in [-0.15, -0.1) is 0 Å². The van der Waals surface area contributed by atoms with E-state index in [1.54, 1.807) is 12.1 Å². The number of hydrogen-bond donors (Lipinski definition) is 2. The van der Waals surface area contributed by atoms with E-state index >= 15 is 0 Å². The van der Waals surface area contributed by atoms with Crippen LogP contribution in [0.15, 0.2) is 18.2 Å². The number of nitrogen functional groups attached to an aromatic ring is 1. The number of carbonyl (C=O) groups is 1. The van der Waals surface area contributed by atoms with E-state index in [-0.39, 0.29) is 5.91 Å². The summed E-state index contributed by atoms with van der Waals surface area (Å²) in [5, 5.41) is 2.76. The van der Waals surface area contributed by atoms with Crippen LogP contribution in [-0.2, 0) is 0 Å². The van der Waals surface area contributed by atoms with E-state index < -0.39 is 0 Å². The first-order valence-electron chi connectivity index (χ1n) is 4.91. The van der Waals surface area contributed by atoms with Gasteiger partial charge in [-0.1, -0.05) is 0 Å². The standard InChI is InChI=1S/C11H17N3O/c1-4-13-11(15)9-7-8(12)5-6-10(9)14(2)3/h5-7H,4,12H2,1-3H3,(H,13,15). The molecule has 0 aliphatic carbocycles. The van der Waals surface area contributed by atoms with E-state index in [1.807, 2.05) is 32.0 Å². The van der Waals surface area contributed by atoms with Crippen LogP contribution in [0.5, 0.6) is 0 Å². The molecule has 0 atom stereocenters. The highest BCUT2D eigenvalue weighted by atomic mass is 16.1. The van der Waals surface area contributed by atoms with Crippen LogP contribution in [0.4, 0.5) is 11.4 Å². The average Bonchev–Trinajstić information content (AvgIpc) is 2.17. The molecule has 4 nitrogen and oxygen atoms in total. The minimum Gasteiger partial charge on any atom is -0.399 e. The van der Waals surface area contributed by atoms with Crippen molar-refractivity contribution in [3.05, 3.63) is 23.8 Å². The topological polar surface area (TPSA) is 58.4 Å². The molecule has 4 heteroatoms. The van der Waals surface area contributed by atoms with E-state index in [1.165, 1.54) is 0 Å². The number of nitrogens with two attached hydrogens (primary N) is 1. The highest BCUT2D eigenvalue weighted by Crippen LogP contribution is 2.21. The van der Waals surface area contributed by atoms with Gasteiger partial charge in [0.15, 0.2) is 0 Å². The summed E-state index contributed by atoms with van der Waals surface area (Å²) in [6, 6.07) is 5.33. The lowest BCUT2D eigenvalue weighted by atomic mass is 10.1. The van der Waals surface area contributed by atoms with Gasteiger partial charge in [-0.3, -0.25) is 4.79 Å². The molecule has 0 bridgehead atoms. The van der Waals surface area contributed by atoms with Gasteiger partial charge in [0.25, 0.3) is 5.91 Å². The fraction of sp³-hybridized carbons (Fsp3) is 0.364. The van der Waals surface area contributed by atoms with Gasteiger partial charge in [0.05, 0.1) is 5.56 Å². The molecule has 0 radical (unpaired) electrons. The van der Waals surface area contributed by atoms with E-state index in [0.717, 1.165) is 5.69 Å². The van der Waals surface area contributed by atoms with E-state index in [0.29, 0.717) is 17.8 Å². The summed E-state index contributed by atoms with van der Waals surface area (Å²) in [7, 11) is 3.79. The second-order valence-corrected chi connectivity index (χ2v) is 3.53. The molecule has 1 aromatic rings. The summed E-state index contributed by atoms with van der Waals surface area (Å²) in [5.74, 6) is -0.0894. The molecule has 0 aromatic heterocycles. The number of nitrogens with one attached hydrogen (secondary N) is 1. The Morgan fingerprint density at radius 3 is 2.67 bits per heavy atom. The Morgan fingerprint density at radius 1 is 1.47 bits per heavy atom. The fourth-order valence-electron chi connectivity index (χ4n) is 1.38. The van der Waals surface area contributed by atoms with E-state index in [2.05, 4.69) is 5.32 Å². The van der Waals surface area contributed by atoms with Crippen molar-refractivity contribution in [2.75, 3.05) is 31.3 Å². The Morgan fingerprint density at radius 2 is 2.13 bits per heavy atom. The Kier molecular flexibility index (Phi) is 3.55. The zero-order valence-electron chi connectivity index (χ0n) is 9.37. The first-order chi connectivity index (χ1) is 7.06. The smallest absolute Gasteiger partial charge is 0.253 e. The largest absolute Gasteiger partial charge is 0.399 e. The maximum Gasteiger partial charge on any atom is 0.253 e. The van der Waals surface area contributed by atoms with Crippen molar-refractivity contribution >= 4 is 17.3 Å². The Hall–Kier alpha value is -1.71. The molecular weight excluding hydrogens is 190 g/mol. The van der Waals surface area contributed by atoms with Gasteiger partial charge in [0.1, 0.15) is 0 Å². The highest BCUT2D eigenvalue weighted by Gasteiger charge is 2.12. The minimum absolute atomic E-state index is 0.0894. The monoisotopic (exact) mass is 207 g/mol. The third-order valence-corrected chi connectivity index (χ3v) is 2.08. The van der Waals surface area contributed by atoms with E-state index in [4.69, 9.17) is 5.73 Å². The fourth-order valence-corrected chi connectivity index (χ4v) is 1.38. The van der Waals surface area contributed by atoms with Gasteiger partial charge in [0.2, 0.25) is 0 Å². The van der Waals surface area contributed by atoms with Crippen molar-refractivity contribution in [2.45, 2.75) is 6.92 Å². The molecule has 1 rings (SSSR count). The first kappa shape index (κ1) is 11.4. The SMILES string of the molecule is CCNC(=O)c1cc(N)ccc1N(C)C. The van der Waals surface area contributed by atoms with Crippen LogP contribution in [0.3, 0.4) is 0 Å². The van der Waals surface area contributed by atoms with Crippen molar-refractivity contribution in [1.29, 1.82) is 0 Å². The highest BCUT2D eigenvalue weighted by molar-refractivity contribution is 6.00. The zero-order valence-corrected chi connectivity index (χ0v) is 9.37. The van der Waals surface area contributed by atoms with Gasteiger partial charge >= 0.3 is 0 Å². The number of anilines is 2. The lowest BCUT2D eigenvalue weighted by Gasteiger charge is -2.17. The predicted octanol–water partition coefficient (Wildman–Crippen LogP) is 1.08. The normalized spacial score (nSPS) is 9.80. The number of rotatable bonds is 3. The predicted molar refractivity (Wildman–Crippen MR) is 63.2 cm³/mol. The molecule has 1 amide bonds. The molecule has 3 N–H and O–H groups in total. The molecule has 15 heavy (non-hydrogen) atoms. The number of amides is 1. The maximum absolute atomic E-state index is 11.7. The summed E-state index contributed by atoms with van der Waals surface area (Å²) in [4.78, 5) is 13.6. The van der Waals surface area contributed by atoms with Crippen molar-refractivity contribution in [1.82, 2.24) is 5.32 Å². The molecule has 0 heterocycles. The summed E-state index contributed by atoms with van der Waals surface area (Å²) in [6.07, 6.45) is 0. The molecule has 0 unspecified atom stereocenters. The second kappa shape index (κ2) is 4.68. The van der Waals surface area contributed by atoms with Crippen LogP contribution >= 0.6 is 0 Å². The average molecular weight is 207 g/mol. The summed E-state index contributed by atoms with van der Waals surface area (Å²) < 4.78 is 0.